The average molecular weight is 386 g/mol. The van der Waals surface area contributed by atoms with E-state index in [0.29, 0.717) is 23.9 Å². The molecule has 0 aliphatic carbocycles. The fraction of sp³-hybridized carbons (Fsp3) is 0.471. The third-order valence-electron chi connectivity index (χ3n) is 4.19. The first-order valence-electron chi connectivity index (χ1n) is 8.09. The summed E-state index contributed by atoms with van der Waals surface area (Å²) in [5.74, 6) is 0.635. The second-order valence-corrected chi connectivity index (χ2v) is 7.46. The number of piperidine rings is 1. The van der Waals surface area contributed by atoms with E-state index in [1.54, 1.807) is 13.2 Å². The second-order valence-electron chi connectivity index (χ2n) is 5.89. The molecule has 138 valence electrons. The molecule has 0 bridgehead atoms. The monoisotopic (exact) mass is 385 g/mol. The van der Waals surface area contributed by atoms with Crippen LogP contribution in [-0.2, 0) is 15.8 Å². The Balaban J connectivity index is 1.86. The molecule has 0 spiro atoms. The number of nitrogens with one attached hydrogen (secondary N) is 2. The molecule has 1 unspecified atom stereocenters. The van der Waals surface area contributed by atoms with Gasteiger partial charge in [0.15, 0.2) is 0 Å². The minimum Gasteiger partial charge on any atom is -0.495 e. The van der Waals surface area contributed by atoms with Crippen LogP contribution in [0.5, 0.6) is 5.75 Å². The number of hydrogen-bond donors (Lipinski definition) is 2. The fourth-order valence-corrected chi connectivity index (χ4v) is 3.53. The van der Waals surface area contributed by atoms with Gasteiger partial charge in [-0.15, -0.1) is 0 Å². The van der Waals surface area contributed by atoms with E-state index < -0.39 is 11.0 Å². The van der Waals surface area contributed by atoms with Crippen molar-refractivity contribution in [2.75, 3.05) is 32.1 Å². The summed E-state index contributed by atoms with van der Waals surface area (Å²) >= 11 is 6.09. The maximum Gasteiger partial charge on any atom is 0.241 e. The Bertz CT molecular complexity index is 661. The van der Waals surface area contributed by atoms with Gasteiger partial charge in [0.2, 0.25) is 5.91 Å². The largest absolute Gasteiger partial charge is 0.495 e. The number of anilines is 1. The lowest BCUT2D eigenvalue weighted by atomic mass is 10.1. The summed E-state index contributed by atoms with van der Waals surface area (Å²) in [6, 6.07) is 3.75. The van der Waals surface area contributed by atoms with Crippen LogP contribution >= 0.6 is 11.6 Å². The first-order valence-corrected chi connectivity index (χ1v) is 9.68. The van der Waals surface area contributed by atoms with E-state index in [1.807, 2.05) is 17.9 Å². The Morgan fingerprint density at radius 3 is 2.76 bits per heavy atom. The molecule has 1 atom stereocenters. The van der Waals surface area contributed by atoms with Gasteiger partial charge in [-0.1, -0.05) is 18.2 Å². The van der Waals surface area contributed by atoms with E-state index >= 15 is 0 Å². The normalized spacial score (nSPS) is 16.4. The summed E-state index contributed by atoms with van der Waals surface area (Å²) < 4.78 is 19.7. The van der Waals surface area contributed by atoms with Gasteiger partial charge in [0.25, 0.3) is 0 Å². The van der Waals surface area contributed by atoms with Gasteiger partial charge in [0.1, 0.15) is 16.7 Å². The molecule has 1 aromatic rings. The van der Waals surface area contributed by atoms with Gasteiger partial charge in [-0.2, -0.15) is 0 Å². The predicted molar refractivity (Wildman–Crippen MR) is 102 cm³/mol. The second kappa shape index (κ2) is 9.22. The zero-order valence-electron chi connectivity index (χ0n) is 14.5. The molecule has 2 rings (SSSR count). The van der Waals surface area contributed by atoms with Crippen LogP contribution in [0.4, 0.5) is 5.69 Å². The van der Waals surface area contributed by atoms with Crippen LogP contribution < -0.4 is 14.8 Å². The highest BCUT2D eigenvalue weighted by molar-refractivity contribution is 7.86. The van der Waals surface area contributed by atoms with Gasteiger partial charge in [-0.25, -0.2) is 8.93 Å². The van der Waals surface area contributed by atoms with Crippen LogP contribution in [-0.4, -0.2) is 47.8 Å². The van der Waals surface area contributed by atoms with Crippen molar-refractivity contribution in [3.8, 4) is 5.75 Å². The number of carbonyl (C=O) groups excluding carboxylic acids is 1. The van der Waals surface area contributed by atoms with Gasteiger partial charge in [-0.3, -0.25) is 4.79 Å². The van der Waals surface area contributed by atoms with Crippen molar-refractivity contribution < 1.29 is 13.7 Å². The maximum atomic E-state index is 12.4. The first kappa shape index (κ1) is 19.8. The van der Waals surface area contributed by atoms with Gasteiger partial charge in [-0.05, 0) is 31.4 Å². The molecular formula is C17H24ClN3O3S. The van der Waals surface area contributed by atoms with E-state index in [0.717, 1.165) is 24.1 Å². The van der Waals surface area contributed by atoms with Crippen molar-refractivity contribution in [1.29, 1.82) is 0 Å². The van der Waals surface area contributed by atoms with Crippen molar-refractivity contribution in [3.05, 3.63) is 34.7 Å². The Kier molecular flexibility index (Phi) is 7.28. The smallest absolute Gasteiger partial charge is 0.241 e. The summed E-state index contributed by atoms with van der Waals surface area (Å²) in [4.78, 5) is 14.2. The molecule has 1 aliphatic rings. The van der Waals surface area contributed by atoms with Gasteiger partial charge < -0.3 is 15.0 Å². The lowest BCUT2D eigenvalue weighted by Crippen LogP contribution is -2.46. The Hall–Kier alpha value is -1.57. The van der Waals surface area contributed by atoms with Crippen molar-refractivity contribution in [2.45, 2.75) is 25.8 Å². The van der Waals surface area contributed by atoms with E-state index in [2.05, 4.69) is 16.6 Å². The number of aryl methyl sites for hydroxylation is 1. The third kappa shape index (κ3) is 5.45. The zero-order chi connectivity index (χ0) is 18.4. The highest BCUT2D eigenvalue weighted by Crippen LogP contribution is 2.30. The lowest BCUT2D eigenvalue weighted by Gasteiger charge is -2.32. The highest BCUT2D eigenvalue weighted by atomic mass is 35.5. The summed E-state index contributed by atoms with van der Waals surface area (Å²) in [5, 5.41) is 5.13. The van der Waals surface area contributed by atoms with Crippen molar-refractivity contribution >= 4 is 34.2 Å². The van der Waals surface area contributed by atoms with E-state index in [1.165, 1.54) is 5.41 Å². The summed E-state index contributed by atoms with van der Waals surface area (Å²) in [6.45, 7) is 6.87. The molecule has 1 amide bonds. The number of halogens is 1. The van der Waals surface area contributed by atoms with Crippen LogP contribution in [0.3, 0.4) is 0 Å². The number of carbonyl (C=O) groups is 1. The number of amides is 1. The quantitative estimate of drug-likeness (QED) is 0.756. The molecule has 1 aliphatic heterocycles. The lowest BCUT2D eigenvalue weighted by molar-refractivity contribution is -0.130. The molecule has 0 radical (unpaired) electrons. The average Bonchev–Trinajstić information content (AvgIpc) is 2.62. The number of benzene rings is 1. The highest BCUT2D eigenvalue weighted by Gasteiger charge is 2.23. The zero-order valence-corrected chi connectivity index (χ0v) is 16.1. The molecule has 2 N–H and O–H groups in total. The number of rotatable bonds is 7. The summed E-state index contributed by atoms with van der Waals surface area (Å²) in [6.07, 6.45) is 1.55. The van der Waals surface area contributed by atoms with E-state index in [-0.39, 0.29) is 18.5 Å². The fourth-order valence-electron chi connectivity index (χ4n) is 2.71. The predicted octanol–water partition coefficient (Wildman–Crippen LogP) is 2.46. The topological polar surface area (TPSA) is 70.7 Å². The SMILES string of the molecule is C=CS(=O)NC1CCN(C(=O)CNc2cc(C)c(Cl)cc2OC)CC1. The van der Waals surface area contributed by atoms with Crippen LogP contribution in [0.2, 0.25) is 5.02 Å². The molecule has 0 aromatic heterocycles. The maximum absolute atomic E-state index is 12.4. The number of nitrogens with zero attached hydrogens (tertiary/aromatic N) is 1. The Labute approximate surface area is 156 Å². The summed E-state index contributed by atoms with van der Waals surface area (Å²) in [5.41, 5.74) is 1.66. The minimum atomic E-state index is -1.21. The van der Waals surface area contributed by atoms with Crippen molar-refractivity contribution in [2.24, 2.45) is 0 Å². The molecular weight excluding hydrogens is 362 g/mol. The van der Waals surface area contributed by atoms with Crippen LogP contribution in [0.1, 0.15) is 18.4 Å². The summed E-state index contributed by atoms with van der Waals surface area (Å²) in [7, 11) is 0.359. The molecule has 8 heteroatoms. The van der Waals surface area contributed by atoms with Gasteiger partial charge in [0, 0.05) is 35.6 Å². The standard InChI is InChI=1S/C17H24ClN3O3S/c1-4-25(23)20-13-5-7-21(8-6-13)17(22)11-19-15-9-12(2)14(18)10-16(15)24-3/h4,9-10,13,19-20H,1,5-8,11H2,2-3H3. The van der Waals surface area contributed by atoms with Crippen molar-refractivity contribution in [3.63, 3.8) is 0 Å². The van der Waals surface area contributed by atoms with E-state index in [4.69, 9.17) is 16.3 Å². The molecule has 6 nitrogen and oxygen atoms in total. The van der Waals surface area contributed by atoms with Gasteiger partial charge in [0.05, 0.1) is 19.3 Å². The van der Waals surface area contributed by atoms with Crippen molar-refractivity contribution in [1.82, 2.24) is 9.62 Å². The third-order valence-corrected chi connectivity index (χ3v) is 5.47. The number of hydrogen-bond acceptors (Lipinski definition) is 4. The molecule has 1 aromatic carbocycles. The molecule has 1 heterocycles. The molecule has 0 saturated carbocycles. The first-order chi connectivity index (χ1) is 11.9. The Morgan fingerprint density at radius 2 is 2.16 bits per heavy atom. The van der Waals surface area contributed by atoms with Crippen LogP contribution in [0.25, 0.3) is 0 Å². The molecule has 1 saturated heterocycles. The minimum absolute atomic E-state index is 0.0259. The number of methoxy groups -OCH3 is 1. The van der Waals surface area contributed by atoms with Crippen LogP contribution in [0, 0.1) is 6.92 Å². The number of likely N-dealkylation sites (tertiary alicyclic amines) is 1. The van der Waals surface area contributed by atoms with E-state index in [9.17, 15) is 9.00 Å². The number of ether oxygens (including phenoxy) is 1. The van der Waals surface area contributed by atoms with Crippen LogP contribution in [0.15, 0.2) is 24.1 Å². The van der Waals surface area contributed by atoms with Gasteiger partial charge >= 0.3 is 0 Å². The molecule has 1 fully saturated rings. The Morgan fingerprint density at radius 1 is 1.48 bits per heavy atom. The molecule has 25 heavy (non-hydrogen) atoms.